The van der Waals surface area contributed by atoms with Gasteiger partial charge in [0.25, 0.3) is 5.91 Å². The lowest BCUT2D eigenvalue weighted by Crippen LogP contribution is -2.35. The van der Waals surface area contributed by atoms with Crippen molar-refractivity contribution in [2.24, 2.45) is 0 Å². The van der Waals surface area contributed by atoms with Crippen LogP contribution in [0.25, 0.3) is 11.0 Å². The van der Waals surface area contributed by atoms with E-state index in [2.05, 4.69) is 25.1 Å². The molecule has 0 saturated carbocycles. The Labute approximate surface area is 184 Å². The van der Waals surface area contributed by atoms with E-state index >= 15 is 0 Å². The molecule has 31 heavy (non-hydrogen) atoms. The first-order chi connectivity index (χ1) is 15.3. The van der Waals surface area contributed by atoms with Crippen molar-refractivity contribution in [1.29, 1.82) is 0 Å². The van der Waals surface area contributed by atoms with Gasteiger partial charge in [0.15, 0.2) is 5.16 Å². The Morgan fingerprint density at radius 2 is 1.90 bits per heavy atom. The van der Waals surface area contributed by atoms with Gasteiger partial charge in [-0.25, -0.2) is 9.97 Å². The average molecular weight is 434 g/mol. The lowest BCUT2D eigenvalue weighted by molar-refractivity contribution is 0.0767. The highest BCUT2D eigenvalue weighted by Gasteiger charge is 2.22. The molecule has 0 bridgehead atoms. The van der Waals surface area contributed by atoms with E-state index in [9.17, 15) is 4.79 Å². The molecule has 0 atom stereocenters. The Morgan fingerprint density at radius 1 is 1.03 bits per heavy atom. The number of hydrogen-bond donors (Lipinski definition) is 2. The summed E-state index contributed by atoms with van der Waals surface area (Å²) in [7, 11) is 0. The second-order valence-corrected chi connectivity index (χ2v) is 8.45. The van der Waals surface area contributed by atoms with Crippen LogP contribution < -0.4 is 4.90 Å². The normalized spacial score (nSPS) is 14.7. The smallest absolute Gasteiger partial charge is 0.253 e. The van der Waals surface area contributed by atoms with Gasteiger partial charge in [0, 0.05) is 37.5 Å². The van der Waals surface area contributed by atoms with Crippen LogP contribution in [-0.4, -0.2) is 62.1 Å². The van der Waals surface area contributed by atoms with Crippen LogP contribution in [0.1, 0.15) is 22.3 Å². The van der Waals surface area contributed by atoms with Gasteiger partial charge in [-0.3, -0.25) is 9.89 Å². The second kappa shape index (κ2) is 8.81. The quantitative estimate of drug-likeness (QED) is 0.469. The van der Waals surface area contributed by atoms with E-state index < -0.39 is 0 Å². The molecule has 2 aromatic carbocycles. The summed E-state index contributed by atoms with van der Waals surface area (Å²) in [6.45, 7) is 3.07. The molecule has 4 aromatic rings. The third-order valence-electron chi connectivity index (χ3n) is 5.43. The van der Waals surface area contributed by atoms with Crippen molar-refractivity contribution in [2.45, 2.75) is 17.3 Å². The second-order valence-electron chi connectivity index (χ2n) is 7.49. The van der Waals surface area contributed by atoms with E-state index in [1.807, 2.05) is 53.4 Å². The van der Waals surface area contributed by atoms with Gasteiger partial charge in [-0.2, -0.15) is 5.10 Å². The maximum Gasteiger partial charge on any atom is 0.253 e. The monoisotopic (exact) mass is 433 g/mol. The van der Waals surface area contributed by atoms with Crippen molar-refractivity contribution < 1.29 is 4.79 Å². The summed E-state index contributed by atoms with van der Waals surface area (Å²) >= 11 is 1.59. The molecule has 158 valence electrons. The molecule has 0 spiro atoms. The Hall–Kier alpha value is -3.33. The average Bonchev–Trinajstić information content (AvgIpc) is 3.42. The molecule has 2 N–H and O–H groups in total. The van der Waals surface area contributed by atoms with Crippen LogP contribution in [0.15, 0.2) is 60.0 Å². The number of para-hydroxylation sites is 2. The molecule has 1 fully saturated rings. The van der Waals surface area contributed by atoms with Crippen LogP contribution in [-0.2, 0) is 5.75 Å². The number of nitrogens with zero attached hydrogens (tertiary/aromatic N) is 5. The van der Waals surface area contributed by atoms with Crippen LogP contribution in [0.2, 0.25) is 0 Å². The summed E-state index contributed by atoms with van der Waals surface area (Å²) in [5.74, 6) is 1.74. The highest BCUT2D eigenvalue weighted by molar-refractivity contribution is 7.98. The zero-order valence-electron chi connectivity index (χ0n) is 17.0. The lowest BCUT2D eigenvalue weighted by atomic mass is 10.1. The number of aromatic amines is 2. The van der Waals surface area contributed by atoms with Crippen molar-refractivity contribution >= 4 is 34.7 Å². The van der Waals surface area contributed by atoms with E-state index in [0.29, 0.717) is 6.54 Å². The van der Waals surface area contributed by atoms with E-state index in [1.54, 1.807) is 11.8 Å². The molecule has 1 aliphatic heterocycles. The molecule has 1 saturated heterocycles. The zero-order chi connectivity index (χ0) is 21.0. The van der Waals surface area contributed by atoms with Gasteiger partial charge in [0.1, 0.15) is 6.33 Å². The molecule has 2 aromatic heterocycles. The number of nitrogens with one attached hydrogen (secondary N) is 2. The Balaban J connectivity index is 1.20. The number of carbonyl (C=O) groups is 1. The number of benzene rings is 2. The number of H-pyrrole nitrogens is 2. The van der Waals surface area contributed by atoms with E-state index in [4.69, 9.17) is 4.98 Å². The number of fused-ring (bicyclic) bond motifs is 1. The number of rotatable bonds is 5. The van der Waals surface area contributed by atoms with Crippen LogP contribution in [0.5, 0.6) is 0 Å². The maximum absolute atomic E-state index is 13.0. The Kier molecular flexibility index (Phi) is 5.57. The van der Waals surface area contributed by atoms with Crippen LogP contribution in [0.4, 0.5) is 5.95 Å². The van der Waals surface area contributed by atoms with Crippen molar-refractivity contribution in [3.63, 3.8) is 0 Å². The maximum atomic E-state index is 13.0. The molecule has 3 heterocycles. The van der Waals surface area contributed by atoms with Gasteiger partial charge in [0.05, 0.1) is 11.0 Å². The molecule has 1 amide bonds. The number of thioether (sulfide) groups is 1. The fourth-order valence-corrected chi connectivity index (χ4v) is 4.50. The fourth-order valence-electron chi connectivity index (χ4n) is 3.76. The van der Waals surface area contributed by atoms with E-state index in [1.165, 1.54) is 6.33 Å². The first kappa shape index (κ1) is 19.6. The summed E-state index contributed by atoms with van der Waals surface area (Å²) in [5.41, 5.74) is 3.88. The highest BCUT2D eigenvalue weighted by atomic mass is 32.2. The lowest BCUT2D eigenvalue weighted by Gasteiger charge is -2.22. The van der Waals surface area contributed by atoms with Gasteiger partial charge in [-0.05, 0) is 36.2 Å². The predicted octanol–water partition coefficient (Wildman–Crippen LogP) is 3.33. The zero-order valence-corrected chi connectivity index (χ0v) is 17.8. The van der Waals surface area contributed by atoms with Gasteiger partial charge >= 0.3 is 0 Å². The van der Waals surface area contributed by atoms with Crippen molar-refractivity contribution in [1.82, 2.24) is 30.0 Å². The molecule has 5 rings (SSSR count). The Bertz CT molecular complexity index is 1120. The number of amides is 1. The number of aromatic nitrogens is 5. The number of carbonyl (C=O) groups excluding carboxylic acids is 1. The summed E-state index contributed by atoms with van der Waals surface area (Å²) in [4.78, 5) is 29.4. The highest BCUT2D eigenvalue weighted by Crippen LogP contribution is 2.21. The summed E-state index contributed by atoms with van der Waals surface area (Å²) < 4.78 is 0. The predicted molar refractivity (Wildman–Crippen MR) is 121 cm³/mol. The number of anilines is 1. The summed E-state index contributed by atoms with van der Waals surface area (Å²) in [6, 6.07) is 15.9. The molecule has 9 heteroatoms. The van der Waals surface area contributed by atoms with Crippen LogP contribution in [0.3, 0.4) is 0 Å². The third kappa shape index (κ3) is 4.41. The Morgan fingerprint density at radius 3 is 2.71 bits per heavy atom. The van der Waals surface area contributed by atoms with Gasteiger partial charge in [0.2, 0.25) is 5.95 Å². The fraction of sp³-hybridized carbons (Fsp3) is 0.273. The van der Waals surface area contributed by atoms with Crippen LogP contribution >= 0.6 is 11.8 Å². The number of hydrogen-bond acceptors (Lipinski definition) is 6. The van der Waals surface area contributed by atoms with Crippen LogP contribution in [0, 0.1) is 0 Å². The van der Waals surface area contributed by atoms with Gasteiger partial charge < -0.3 is 14.8 Å². The van der Waals surface area contributed by atoms with E-state index in [0.717, 1.165) is 65.1 Å². The van der Waals surface area contributed by atoms with Crippen molar-refractivity contribution in [2.75, 3.05) is 31.1 Å². The largest absolute Gasteiger partial charge is 0.341 e. The minimum absolute atomic E-state index is 0.0842. The first-order valence-electron chi connectivity index (χ1n) is 10.3. The standard InChI is InChI=1S/C22H23N7OS/c30-20(17-8-6-16(7-9-17)14-31-22-23-15-24-27-22)28-10-3-11-29(13-12-28)21-25-18-4-1-2-5-19(18)26-21/h1-2,4-9,15H,3,10-14H2,(H,25,26)(H,23,24,27). The molecule has 1 aliphatic rings. The molecular weight excluding hydrogens is 410 g/mol. The summed E-state index contributed by atoms with van der Waals surface area (Å²) in [6.07, 6.45) is 2.41. The van der Waals surface area contributed by atoms with E-state index in [-0.39, 0.29) is 5.91 Å². The van der Waals surface area contributed by atoms with Crippen molar-refractivity contribution in [3.8, 4) is 0 Å². The minimum Gasteiger partial charge on any atom is -0.341 e. The van der Waals surface area contributed by atoms with Gasteiger partial charge in [-0.1, -0.05) is 36.0 Å². The topological polar surface area (TPSA) is 93.8 Å². The summed E-state index contributed by atoms with van der Waals surface area (Å²) in [5, 5.41) is 7.48. The van der Waals surface area contributed by atoms with Gasteiger partial charge in [-0.15, -0.1) is 0 Å². The number of imidazole rings is 1. The molecule has 0 aliphatic carbocycles. The third-order valence-corrected chi connectivity index (χ3v) is 6.38. The minimum atomic E-state index is 0.0842. The molecule has 8 nitrogen and oxygen atoms in total. The first-order valence-corrected chi connectivity index (χ1v) is 11.3. The van der Waals surface area contributed by atoms with Crippen molar-refractivity contribution in [3.05, 3.63) is 66.0 Å². The SMILES string of the molecule is O=C(c1ccc(CSc2ncn[nH]2)cc1)N1CCCN(c2nc3ccccc3[nH]2)CC1. The molecule has 0 unspecified atom stereocenters. The molecular formula is C22H23N7OS. The molecule has 0 radical (unpaired) electrons.